The summed E-state index contributed by atoms with van der Waals surface area (Å²) in [6, 6.07) is 0. The van der Waals surface area contributed by atoms with Crippen molar-refractivity contribution in [1.29, 1.82) is 0 Å². The third-order valence-electron chi connectivity index (χ3n) is 1.75. The molecule has 0 aliphatic heterocycles. The van der Waals surface area contributed by atoms with Gasteiger partial charge in [-0.25, -0.2) is 0 Å². The van der Waals surface area contributed by atoms with Crippen molar-refractivity contribution in [3.05, 3.63) is 0 Å². The van der Waals surface area contributed by atoms with Crippen LogP contribution in [-0.2, 0) is 0 Å². The van der Waals surface area contributed by atoms with Gasteiger partial charge in [0, 0.05) is 13.2 Å². The molecule has 0 bridgehead atoms. The van der Waals surface area contributed by atoms with Crippen LogP contribution in [0.5, 0.6) is 5.75 Å². The number of unbranched alkanes of at least 4 members (excludes halogenated alkanes) is 1. The number of nitrogens with one attached hydrogen (secondary N) is 1. The molecule has 1 aromatic rings. The highest BCUT2D eigenvalue weighted by Gasteiger charge is 2.10. The maximum absolute atomic E-state index is 8.59. The monoisotopic (exact) mass is 217 g/mol. The van der Waals surface area contributed by atoms with Crippen LogP contribution in [0.15, 0.2) is 0 Å². The number of hydrogen-bond acceptors (Lipinski definition) is 6. The highest BCUT2D eigenvalue weighted by Crippen LogP contribution is 2.34. The van der Waals surface area contributed by atoms with E-state index >= 15 is 0 Å². The fourth-order valence-electron chi connectivity index (χ4n) is 1.04. The van der Waals surface area contributed by atoms with Gasteiger partial charge in [-0.05, 0) is 24.4 Å². The van der Waals surface area contributed by atoms with Gasteiger partial charge in [-0.15, -0.1) is 0 Å². The molecule has 0 fully saturated rings. The highest BCUT2D eigenvalue weighted by atomic mass is 32.1. The van der Waals surface area contributed by atoms with Gasteiger partial charge < -0.3 is 20.9 Å². The molecular formula is C8H15N3O2S. The first kappa shape index (κ1) is 11.1. The van der Waals surface area contributed by atoms with Crippen molar-refractivity contribution < 1.29 is 9.84 Å². The molecule has 0 unspecified atom stereocenters. The fourth-order valence-corrected chi connectivity index (χ4v) is 1.75. The third kappa shape index (κ3) is 2.74. The lowest BCUT2D eigenvalue weighted by molar-refractivity contribution is 0.286. The second-order valence-electron chi connectivity index (χ2n) is 2.79. The van der Waals surface area contributed by atoms with Crippen LogP contribution in [0.4, 0.5) is 10.8 Å². The van der Waals surface area contributed by atoms with Gasteiger partial charge in [0.15, 0.2) is 16.6 Å². The second kappa shape index (κ2) is 5.66. The molecule has 0 aliphatic rings. The first-order valence-corrected chi connectivity index (χ1v) is 5.20. The molecule has 0 saturated heterocycles. The number of aromatic nitrogens is 1. The van der Waals surface area contributed by atoms with E-state index in [1.54, 1.807) is 7.11 Å². The molecule has 0 saturated carbocycles. The van der Waals surface area contributed by atoms with Gasteiger partial charge in [0.05, 0.1) is 7.11 Å². The molecule has 0 atom stereocenters. The summed E-state index contributed by atoms with van der Waals surface area (Å²) < 4.78 is 9.05. The van der Waals surface area contributed by atoms with Crippen LogP contribution >= 0.6 is 11.5 Å². The van der Waals surface area contributed by atoms with Crippen molar-refractivity contribution in [3.63, 3.8) is 0 Å². The quantitative estimate of drug-likeness (QED) is 0.617. The highest BCUT2D eigenvalue weighted by molar-refractivity contribution is 7.11. The average Bonchev–Trinajstić information content (AvgIpc) is 2.54. The lowest BCUT2D eigenvalue weighted by Gasteiger charge is -2.04. The summed E-state index contributed by atoms with van der Waals surface area (Å²) in [5.74, 6) is 1.03. The minimum Gasteiger partial charge on any atom is -0.490 e. The summed E-state index contributed by atoms with van der Waals surface area (Å²) in [6.07, 6.45) is 1.71. The van der Waals surface area contributed by atoms with E-state index in [2.05, 4.69) is 9.69 Å². The molecule has 80 valence electrons. The molecule has 14 heavy (non-hydrogen) atoms. The van der Waals surface area contributed by atoms with Crippen LogP contribution in [0.1, 0.15) is 12.8 Å². The Balaban J connectivity index is 2.42. The van der Waals surface area contributed by atoms with Gasteiger partial charge in [0.25, 0.3) is 0 Å². The number of ether oxygens (including phenoxy) is 1. The number of hydrogen-bond donors (Lipinski definition) is 3. The smallest absolute Gasteiger partial charge is 0.197 e. The van der Waals surface area contributed by atoms with E-state index in [1.165, 1.54) is 11.5 Å². The van der Waals surface area contributed by atoms with Crippen LogP contribution in [0, 0.1) is 0 Å². The Labute approximate surface area is 87.1 Å². The van der Waals surface area contributed by atoms with Crippen molar-refractivity contribution in [2.75, 3.05) is 31.3 Å². The van der Waals surface area contributed by atoms with Crippen molar-refractivity contribution in [3.8, 4) is 5.75 Å². The van der Waals surface area contributed by atoms with Crippen molar-refractivity contribution >= 4 is 22.4 Å². The summed E-state index contributed by atoms with van der Waals surface area (Å²) in [5.41, 5.74) is 5.58. The van der Waals surface area contributed by atoms with E-state index in [1.807, 2.05) is 0 Å². The SMILES string of the molecule is COc1c(N)nsc1NCCCCO. The van der Waals surface area contributed by atoms with E-state index in [0.717, 1.165) is 24.4 Å². The molecule has 1 heterocycles. The summed E-state index contributed by atoms with van der Waals surface area (Å²) in [7, 11) is 1.57. The molecule has 0 aliphatic carbocycles. The number of methoxy groups -OCH3 is 1. The summed E-state index contributed by atoms with van der Waals surface area (Å²) in [5, 5.41) is 12.6. The van der Waals surface area contributed by atoms with Crippen LogP contribution < -0.4 is 15.8 Å². The summed E-state index contributed by atoms with van der Waals surface area (Å²) >= 11 is 1.29. The predicted octanol–water partition coefficient (Wildman–Crippen LogP) is 0.918. The molecule has 0 spiro atoms. The summed E-state index contributed by atoms with van der Waals surface area (Å²) in [4.78, 5) is 0. The number of nitrogens with two attached hydrogens (primary N) is 1. The Morgan fingerprint density at radius 3 is 3.00 bits per heavy atom. The lowest BCUT2D eigenvalue weighted by atomic mass is 10.3. The second-order valence-corrected chi connectivity index (χ2v) is 3.56. The first-order chi connectivity index (χ1) is 6.79. The zero-order valence-corrected chi connectivity index (χ0v) is 8.93. The minimum absolute atomic E-state index is 0.226. The van der Waals surface area contributed by atoms with Crippen molar-refractivity contribution in [2.45, 2.75) is 12.8 Å². The molecule has 1 aromatic heterocycles. The lowest BCUT2D eigenvalue weighted by Crippen LogP contribution is -2.02. The normalized spacial score (nSPS) is 10.1. The molecule has 6 heteroatoms. The predicted molar refractivity (Wildman–Crippen MR) is 57.9 cm³/mol. The topological polar surface area (TPSA) is 80.4 Å². The number of aliphatic hydroxyl groups is 1. The summed E-state index contributed by atoms with van der Waals surface area (Å²) in [6.45, 7) is 1.02. The molecular weight excluding hydrogens is 202 g/mol. The van der Waals surface area contributed by atoms with E-state index in [-0.39, 0.29) is 6.61 Å². The van der Waals surface area contributed by atoms with Gasteiger partial charge >= 0.3 is 0 Å². The Morgan fingerprint density at radius 1 is 1.57 bits per heavy atom. The van der Waals surface area contributed by atoms with E-state index in [0.29, 0.717) is 11.6 Å². The Kier molecular flexibility index (Phi) is 4.48. The van der Waals surface area contributed by atoms with Gasteiger partial charge in [-0.2, -0.15) is 4.37 Å². The zero-order valence-electron chi connectivity index (χ0n) is 8.12. The third-order valence-corrected chi connectivity index (χ3v) is 2.55. The van der Waals surface area contributed by atoms with Crippen LogP contribution in [0.3, 0.4) is 0 Å². The van der Waals surface area contributed by atoms with Crippen LogP contribution in [0.2, 0.25) is 0 Å². The van der Waals surface area contributed by atoms with E-state index < -0.39 is 0 Å². The van der Waals surface area contributed by atoms with E-state index in [9.17, 15) is 0 Å². The van der Waals surface area contributed by atoms with Crippen molar-refractivity contribution in [1.82, 2.24) is 4.37 Å². The molecule has 5 nitrogen and oxygen atoms in total. The molecule has 0 amide bonds. The fraction of sp³-hybridized carbons (Fsp3) is 0.625. The first-order valence-electron chi connectivity index (χ1n) is 4.43. The zero-order chi connectivity index (χ0) is 10.4. The molecule has 1 rings (SSSR count). The number of aliphatic hydroxyl groups excluding tert-OH is 1. The Hall–Kier alpha value is -1.01. The van der Waals surface area contributed by atoms with E-state index in [4.69, 9.17) is 15.6 Å². The Bertz CT molecular complexity index is 278. The molecule has 4 N–H and O–H groups in total. The standard InChI is InChI=1S/C8H15N3O2S/c1-13-6-7(9)11-14-8(6)10-4-2-3-5-12/h10,12H,2-5H2,1H3,(H2,9,11). The molecule has 0 aromatic carbocycles. The largest absolute Gasteiger partial charge is 0.490 e. The van der Waals surface area contributed by atoms with Crippen LogP contribution in [0.25, 0.3) is 0 Å². The van der Waals surface area contributed by atoms with Crippen molar-refractivity contribution in [2.24, 2.45) is 0 Å². The number of nitrogen functional groups attached to an aromatic ring is 1. The number of nitrogens with zero attached hydrogens (tertiary/aromatic N) is 1. The molecule has 0 radical (unpaired) electrons. The minimum atomic E-state index is 0.226. The average molecular weight is 217 g/mol. The van der Waals surface area contributed by atoms with Gasteiger partial charge in [0.1, 0.15) is 0 Å². The maximum atomic E-state index is 8.59. The maximum Gasteiger partial charge on any atom is 0.197 e. The van der Waals surface area contributed by atoms with Gasteiger partial charge in [0.2, 0.25) is 0 Å². The number of rotatable bonds is 6. The number of anilines is 2. The van der Waals surface area contributed by atoms with Gasteiger partial charge in [-0.3, -0.25) is 0 Å². The van der Waals surface area contributed by atoms with Crippen LogP contribution in [-0.4, -0.2) is 29.7 Å². The Morgan fingerprint density at radius 2 is 2.36 bits per heavy atom. The van der Waals surface area contributed by atoms with Gasteiger partial charge in [-0.1, -0.05) is 0 Å².